The first kappa shape index (κ1) is 15.8. The highest BCUT2D eigenvalue weighted by molar-refractivity contribution is 6.31. The van der Waals surface area contributed by atoms with Crippen molar-refractivity contribution in [1.29, 1.82) is 0 Å². The van der Waals surface area contributed by atoms with Crippen LogP contribution in [0.3, 0.4) is 0 Å². The summed E-state index contributed by atoms with van der Waals surface area (Å²) in [5.41, 5.74) is 0.439. The Kier molecular flexibility index (Phi) is 4.55. The number of hydrogen-bond acceptors (Lipinski definition) is 4. The van der Waals surface area contributed by atoms with Crippen LogP contribution in [0.2, 0.25) is 5.02 Å². The zero-order valence-corrected chi connectivity index (χ0v) is 12.6. The Hall–Kier alpha value is -1.57. The molecular formula is C13H18ClN3O4. The molecule has 1 aromatic heterocycles. The van der Waals surface area contributed by atoms with Crippen LogP contribution in [-0.2, 0) is 11.8 Å². The highest BCUT2D eigenvalue weighted by Gasteiger charge is 2.37. The molecule has 0 saturated carbocycles. The number of nitrogens with zero attached hydrogens (tertiary/aromatic N) is 3. The summed E-state index contributed by atoms with van der Waals surface area (Å²) in [7, 11) is 3.34. The van der Waals surface area contributed by atoms with E-state index in [2.05, 4.69) is 0 Å². The summed E-state index contributed by atoms with van der Waals surface area (Å²) in [6, 6.07) is 1.19. The van der Waals surface area contributed by atoms with E-state index in [4.69, 9.17) is 16.7 Å². The number of aromatic nitrogens is 1. The summed E-state index contributed by atoms with van der Waals surface area (Å²) in [6.07, 6.45) is 0.865. The van der Waals surface area contributed by atoms with Crippen LogP contribution in [-0.4, -0.2) is 75.3 Å². The molecule has 2 heterocycles. The normalized spacial score (nSPS) is 22.0. The van der Waals surface area contributed by atoms with Crippen molar-refractivity contribution in [1.82, 2.24) is 14.4 Å². The fourth-order valence-electron chi connectivity index (χ4n) is 2.60. The van der Waals surface area contributed by atoms with Gasteiger partial charge in [0.15, 0.2) is 0 Å². The lowest BCUT2D eigenvalue weighted by molar-refractivity contribution is -0.138. The Bertz CT molecular complexity index is 560. The lowest BCUT2D eigenvalue weighted by Gasteiger charge is -2.24. The smallest absolute Gasteiger partial charge is 0.317 e. The minimum atomic E-state index is -0.969. The Morgan fingerprint density at radius 3 is 2.67 bits per heavy atom. The fourth-order valence-corrected chi connectivity index (χ4v) is 2.85. The van der Waals surface area contributed by atoms with Gasteiger partial charge in [0.1, 0.15) is 5.69 Å². The van der Waals surface area contributed by atoms with E-state index in [1.165, 1.54) is 9.80 Å². The van der Waals surface area contributed by atoms with Gasteiger partial charge in [-0.25, -0.2) is 0 Å². The van der Waals surface area contributed by atoms with Gasteiger partial charge in [-0.2, -0.15) is 0 Å². The van der Waals surface area contributed by atoms with Gasteiger partial charge >= 0.3 is 5.97 Å². The first-order valence-electron chi connectivity index (χ1n) is 6.51. The van der Waals surface area contributed by atoms with Crippen molar-refractivity contribution >= 4 is 23.5 Å². The van der Waals surface area contributed by atoms with Crippen molar-refractivity contribution in [3.8, 4) is 0 Å². The number of aliphatic hydroxyl groups excluding tert-OH is 1. The molecule has 2 rings (SSSR count). The minimum Gasteiger partial charge on any atom is -0.480 e. The molecule has 1 fully saturated rings. The number of rotatable bonds is 4. The summed E-state index contributed by atoms with van der Waals surface area (Å²) in [6.45, 7) is 0.280. The number of likely N-dealkylation sites (N-methyl/N-ethyl adjacent to an activating group) is 1. The molecule has 0 bridgehead atoms. The first-order chi connectivity index (χ1) is 9.79. The van der Waals surface area contributed by atoms with Crippen LogP contribution in [0.5, 0.6) is 0 Å². The second-order valence-electron chi connectivity index (χ2n) is 5.31. The third-order valence-electron chi connectivity index (χ3n) is 3.69. The van der Waals surface area contributed by atoms with Crippen molar-refractivity contribution < 1.29 is 19.8 Å². The molecule has 1 saturated heterocycles. The van der Waals surface area contributed by atoms with Crippen molar-refractivity contribution in [2.45, 2.75) is 12.1 Å². The quantitative estimate of drug-likeness (QED) is 0.809. The van der Waals surface area contributed by atoms with Gasteiger partial charge in [-0.15, -0.1) is 0 Å². The van der Waals surface area contributed by atoms with E-state index in [0.717, 1.165) is 0 Å². The third kappa shape index (κ3) is 3.37. The number of carboxylic acids is 1. The van der Waals surface area contributed by atoms with Crippen LogP contribution in [0.1, 0.15) is 10.5 Å². The van der Waals surface area contributed by atoms with Crippen LogP contribution < -0.4 is 0 Å². The number of carbonyl (C=O) groups excluding carboxylic acids is 1. The van der Waals surface area contributed by atoms with Crippen LogP contribution in [0, 0.1) is 0 Å². The summed E-state index contributed by atoms with van der Waals surface area (Å²) in [5.74, 6) is -1.20. The molecule has 0 aromatic carbocycles. The Morgan fingerprint density at radius 2 is 2.14 bits per heavy atom. The van der Waals surface area contributed by atoms with Crippen molar-refractivity contribution in [3.05, 3.63) is 23.0 Å². The number of amides is 1. The minimum absolute atomic E-state index is 0.177. The molecule has 1 aliphatic rings. The molecule has 7 nitrogen and oxygen atoms in total. The molecule has 2 atom stereocenters. The van der Waals surface area contributed by atoms with E-state index < -0.39 is 12.1 Å². The molecule has 1 aromatic rings. The molecule has 21 heavy (non-hydrogen) atoms. The Morgan fingerprint density at radius 1 is 1.48 bits per heavy atom. The Labute approximate surface area is 127 Å². The second kappa shape index (κ2) is 6.05. The maximum absolute atomic E-state index is 12.4. The SMILES string of the molecule is CN(CC(=O)O)[C@@H]1CN(C(=O)c2cc(Cl)cn2C)C[C@H]1O. The Balaban J connectivity index is 2.08. The highest BCUT2D eigenvalue weighted by atomic mass is 35.5. The number of β-amino-alcohol motifs (C(OH)–C–C–N with tert-alkyl or cyclic N) is 1. The first-order valence-corrected chi connectivity index (χ1v) is 6.88. The maximum atomic E-state index is 12.4. The van der Waals surface area contributed by atoms with Gasteiger partial charge in [-0.05, 0) is 13.1 Å². The summed E-state index contributed by atoms with van der Waals surface area (Å²) >= 11 is 5.87. The van der Waals surface area contributed by atoms with Crippen molar-refractivity contribution in [2.24, 2.45) is 7.05 Å². The molecule has 0 aliphatic carbocycles. The number of likely N-dealkylation sites (tertiary alicyclic amines) is 1. The van der Waals surface area contributed by atoms with Gasteiger partial charge in [0.2, 0.25) is 0 Å². The van der Waals surface area contributed by atoms with Gasteiger partial charge in [0.25, 0.3) is 5.91 Å². The van der Waals surface area contributed by atoms with E-state index in [9.17, 15) is 14.7 Å². The largest absolute Gasteiger partial charge is 0.480 e. The van der Waals surface area contributed by atoms with E-state index in [1.807, 2.05) is 0 Å². The molecule has 1 amide bonds. The van der Waals surface area contributed by atoms with E-state index >= 15 is 0 Å². The maximum Gasteiger partial charge on any atom is 0.317 e. The van der Waals surface area contributed by atoms with Crippen molar-refractivity contribution in [2.75, 3.05) is 26.7 Å². The van der Waals surface area contributed by atoms with Gasteiger partial charge < -0.3 is 19.7 Å². The van der Waals surface area contributed by atoms with Crippen molar-refractivity contribution in [3.63, 3.8) is 0 Å². The van der Waals surface area contributed by atoms with Crippen LogP contribution >= 0.6 is 11.6 Å². The monoisotopic (exact) mass is 315 g/mol. The fraction of sp³-hybridized carbons (Fsp3) is 0.538. The van der Waals surface area contributed by atoms with Gasteiger partial charge in [0, 0.05) is 26.3 Å². The predicted octanol–water partition coefficient (Wildman–Crippen LogP) is -0.120. The topological polar surface area (TPSA) is 86.0 Å². The average Bonchev–Trinajstić information content (AvgIpc) is 2.90. The zero-order valence-electron chi connectivity index (χ0n) is 11.9. The van der Waals surface area contributed by atoms with Gasteiger partial charge in [-0.1, -0.05) is 11.6 Å². The molecule has 0 spiro atoms. The summed E-state index contributed by atoms with van der Waals surface area (Å²) < 4.78 is 1.63. The molecule has 1 aliphatic heterocycles. The van der Waals surface area contributed by atoms with E-state index in [-0.39, 0.29) is 31.6 Å². The number of aliphatic carboxylic acids is 1. The third-order valence-corrected chi connectivity index (χ3v) is 3.89. The number of hydrogen-bond donors (Lipinski definition) is 2. The standard InChI is InChI=1S/C13H18ClN3O4/c1-15-4-8(14)3-9(15)13(21)17-5-10(11(18)6-17)16(2)7-12(19)20/h3-4,10-11,18H,5-7H2,1-2H3,(H,19,20)/t10-,11-/m1/s1. The molecular weight excluding hydrogens is 298 g/mol. The van der Waals surface area contributed by atoms with Crippen LogP contribution in [0.15, 0.2) is 12.3 Å². The molecule has 0 unspecified atom stereocenters. The lowest BCUT2D eigenvalue weighted by atomic mass is 10.2. The zero-order chi connectivity index (χ0) is 15.7. The molecule has 2 N–H and O–H groups in total. The number of aryl methyl sites for hydroxylation is 1. The summed E-state index contributed by atoms with van der Waals surface area (Å²) in [5, 5.41) is 19.3. The molecule has 116 valence electrons. The highest BCUT2D eigenvalue weighted by Crippen LogP contribution is 2.20. The van der Waals surface area contributed by atoms with E-state index in [0.29, 0.717) is 10.7 Å². The van der Waals surface area contributed by atoms with Crippen LogP contribution in [0.25, 0.3) is 0 Å². The molecule has 8 heteroatoms. The lowest BCUT2D eigenvalue weighted by Crippen LogP contribution is -2.43. The van der Waals surface area contributed by atoms with Gasteiger partial charge in [-0.3, -0.25) is 14.5 Å². The van der Waals surface area contributed by atoms with Gasteiger partial charge in [0.05, 0.1) is 23.7 Å². The number of aliphatic hydroxyl groups is 1. The van der Waals surface area contributed by atoms with E-state index in [1.54, 1.807) is 30.9 Å². The molecule has 0 radical (unpaired) electrons. The van der Waals surface area contributed by atoms with Crippen LogP contribution in [0.4, 0.5) is 0 Å². The predicted molar refractivity (Wildman–Crippen MR) is 76.4 cm³/mol. The number of carbonyl (C=O) groups is 2. The number of carboxylic acid groups (broad SMARTS) is 1. The second-order valence-corrected chi connectivity index (χ2v) is 5.74. The number of halogens is 1. The summed E-state index contributed by atoms with van der Waals surface area (Å²) in [4.78, 5) is 26.2. The average molecular weight is 316 g/mol.